The van der Waals surface area contributed by atoms with E-state index in [0.717, 1.165) is 26.0 Å². The van der Waals surface area contributed by atoms with Gasteiger partial charge in [0.1, 0.15) is 0 Å². The van der Waals surface area contributed by atoms with Crippen LogP contribution in [-0.4, -0.2) is 62.1 Å². The molecule has 2 fully saturated rings. The Kier molecular flexibility index (Phi) is 5.79. The molecule has 2 aliphatic heterocycles. The fourth-order valence-corrected chi connectivity index (χ4v) is 2.80. The fraction of sp³-hybridized carbons (Fsp3) is 0.857. The maximum Gasteiger partial charge on any atom is 0.224 e. The van der Waals surface area contributed by atoms with E-state index in [1.807, 2.05) is 11.8 Å². The first-order valence-corrected chi connectivity index (χ1v) is 7.57. The number of ether oxygens (including phenoxy) is 1. The van der Waals surface area contributed by atoms with Gasteiger partial charge in [0, 0.05) is 44.6 Å². The van der Waals surface area contributed by atoms with Crippen molar-refractivity contribution in [3.63, 3.8) is 0 Å². The molecule has 0 saturated carbocycles. The van der Waals surface area contributed by atoms with Gasteiger partial charge in [0.2, 0.25) is 11.8 Å². The Balaban J connectivity index is 1.72. The number of piperidine rings is 1. The third-order valence-electron chi connectivity index (χ3n) is 3.99. The van der Waals surface area contributed by atoms with E-state index in [4.69, 9.17) is 4.74 Å². The molecule has 114 valence electrons. The minimum absolute atomic E-state index is 0.0649. The van der Waals surface area contributed by atoms with Crippen LogP contribution in [0.1, 0.15) is 26.2 Å². The van der Waals surface area contributed by atoms with Crippen molar-refractivity contribution < 1.29 is 14.3 Å². The Labute approximate surface area is 120 Å². The maximum absolute atomic E-state index is 12.2. The molecule has 0 aromatic carbocycles. The summed E-state index contributed by atoms with van der Waals surface area (Å²) in [7, 11) is 0. The predicted molar refractivity (Wildman–Crippen MR) is 75.2 cm³/mol. The van der Waals surface area contributed by atoms with Crippen LogP contribution in [0.3, 0.4) is 0 Å². The van der Waals surface area contributed by atoms with E-state index >= 15 is 0 Å². The number of nitrogens with zero attached hydrogens (tertiary/aromatic N) is 1. The highest BCUT2D eigenvalue weighted by Gasteiger charge is 2.28. The van der Waals surface area contributed by atoms with Crippen molar-refractivity contribution in [2.24, 2.45) is 5.92 Å². The summed E-state index contributed by atoms with van der Waals surface area (Å²) in [6.45, 7) is 6.13. The molecule has 0 aromatic rings. The Bertz CT molecular complexity index is 335. The molecular formula is C14H25N3O3. The zero-order chi connectivity index (χ0) is 14.4. The van der Waals surface area contributed by atoms with Crippen LogP contribution in [-0.2, 0) is 14.3 Å². The quantitative estimate of drug-likeness (QED) is 0.746. The van der Waals surface area contributed by atoms with Gasteiger partial charge in [0.25, 0.3) is 0 Å². The van der Waals surface area contributed by atoms with Crippen molar-refractivity contribution in [3.05, 3.63) is 0 Å². The van der Waals surface area contributed by atoms with Crippen molar-refractivity contribution in [1.29, 1.82) is 0 Å². The van der Waals surface area contributed by atoms with Crippen LogP contribution in [0.4, 0.5) is 0 Å². The van der Waals surface area contributed by atoms with E-state index in [1.165, 1.54) is 0 Å². The summed E-state index contributed by atoms with van der Waals surface area (Å²) in [5, 5.41) is 6.15. The van der Waals surface area contributed by atoms with Gasteiger partial charge >= 0.3 is 0 Å². The highest BCUT2D eigenvalue weighted by Crippen LogP contribution is 2.18. The number of carbonyl (C=O) groups excluding carboxylic acids is 2. The van der Waals surface area contributed by atoms with Crippen molar-refractivity contribution in [1.82, 2.24) is 15.5 Å². The average Bonchev–Trinajstić information content (AvgIpc) is 2.48. The molecule has 20 heavy (non-hydrogen) atoms. The first-order chi connectivity index (χ1) is 9.70. The molecule has 2 saturated heterocycles. The van der Waals surface area contributed by atoms with Crippen molar-refractivity contribution >= 4 is 11.8 Å². The van der Waals surface area contributed by atoms with E-state index in [0.29, 0.717) is 32.7 Å². The topological polar surface area (TPSA) is 70.7 Å². The molecule has 0 radical (unpaired) electrons. The molecule has 0 spiro atoms. The standard InChI is InChI=1S/C14H25N3O3/c1-2-15-14(19)11-3-6-17(7-4-11)13(18)9-12-10-20-8-5-16-12/h11-12,16H,2-10H2,1H3,(H,15,19). The van der Waals surface area contributed by atoms with E-state index in [1.54, 1.807) is 0 Å². The minimum atomic E-state index is 0.0649. The molecule has 2 heterocycles. The lowest BCUT2D eigenvalue weighted by Crippen LogP contribution is -2.47. The number of rotatable bonds is 4. The summed E-state index contributed by atoms with van der Waals surface area (Å²) in [5.74, 6) is 0.361. The van der Waals surface area contributed by atoms with Gasteiger partial charge in [-0.25, -0.2) is 0 Å². The third-order valence-corrected chi connectivity index (χ3v) is 3.99. The molecule has 2 aliphatic rings. The van der Waals surface area contributed by atoms with Crippen LogP contribution in [0, 0.1) is 5.92 Å². The number of carbonyl (C=O) groups is 2. The number of morpholine rings is 1. The fourth-order valence-electron chi connectivity index (χ4n) is 2.80. The third kappa shape index (κ3) is 4.18. The number of likely N-dealkylation sites (tertiary alicyclic amines) is 1. The Morgan fingerprint density at radius 3 is 2.70 bits per heavy atom. The first-order valence-electron chi connectivity index (χ1n) is 7.57. The molecular weight excluding hydrogens is 258 g/mol. The van der Waals surface area contributed by atoms with Gasteiger partial charge in [-0.2, -0.15) is 0 Å². The second-order valence-corrected chi connectivity index (χ2v) is 5.48. The molecule has 6 nitrogen and oxygen atoms in total. The lowest BCUT2D eigenvalue weighted by Gasteiger charge is -2.33. The Morgan fingerprint density at radius 2 is 2.10 bits per heavy atom. The van der Waals surface area contributed by atoms with E-state index in [-0.39, 0.29) is 23.8 Å². The summed E-state index contributed by atoms with van der Waals surface area (Å²) in [4.78, 5) is 25.8. The highest BCUT2D eigenvalue weighted by atomic mass is 16.5. The average molecular weight is 283 g/mol. The van der Waals surface area contributed by atoms with Crippen LogP contribution < -0.4 is 10.6 Å². The van der Waals surface area contributed by atoms with Crippen molar-refractivity contribution in [3.8, 4) is 0 Å². The SMILES string of the molecule is CCNC(=O)C1CCN(C(=O)CC2COCCN2)CC1. The van der Waals surface area contributed by atoms with Crippen LogP contribution >= 0.6 is 0 Å². The summed E-state index contributed by atoms with van der Waals surface area (Å²) >= 11 is 0. The second kappa shape index (κ2) is 7.59. The molecule has 1 atom stereocenters. The van der Waals surface area contributed by atoms with Gasteiger partial charge in [-0.15, -0.1) is 0 Å². The molecule has 0 bridgehead atoms. The van der Waals surface area contributed by atoms with Gasteiger partial charge < -0.3 is 20.3 Å². The Hall–Kier alpha value is -1.14. The van der Waals surface area contributed by atoms with Crippen LogP contribution in [0.25, 0.3) is 0 Å². The highest BCUT2D eigenvalue weighted by molar-refractivity contribution is 5.80. The monoisotopic (exact) mass is 283 g/mol. The van der Waals surface area contributed by atoms with Crippen LogP contribution in [0.15, 0.2) is 0 Å². The number of amides is 2. The minimum Gasteiger partial charge on any atom is -0.378 e. The summed E-state index contributed by atoms with van der Waals surface area (Å²) in [6, 6.07) is 0.136. The van der Waals surface area contributed by atoms with E-state index < -0.39 is 0 Å². The molecule has 0 aromatic heterocycles. The second-order valence-electron chi connectivity index (χ2n) is 5.48. The summed E-state index contributed by atoms with van der Waals surface area (Å²) in [5.41, 5.74) is 0. The van der Waals surface area contributed by atoms with E-state index in [2.05, 4.69) is 10.6 Å². The lowest BCUT2D eigenvalue weighted by molar-refractivity contribution is -0.136. The molecule has 1 unspecified atom stereocenters. The first kappa shape index (κ1) is 15.3. The van der Waals surface area contributed by atoms with Crippen molar-refractivity contribution in [2.75, 3.05) is 39.4 Å². The zero-order valence-electron chi connectivity index (χ0n) is 12.2. The van der Waals surface area contributed by atoms with Gasteiger partial charge in [0.05, 0.1) is 13.2 Å². The smallest absolute Gasteiger partial charge is 0.224 e. The van der Waals surface area contributed by atoms with Crippen LogP contribution in [0.2, 0.25) is 0 Å². The van der Waals surface area contributed by atoms with E-state index in [9.17, 15) is 9.59 Å². The summed E-state index contributed by atoms with van der Waals surface area (Å²) < 4.78 is 5.36. The number of hydrogen-bond acceptors (Lipinski definition) is 4. The largest absolute Gasteiger partial charge is 0.378 e. The number of hydrogen-bond donors (Lipinski definition) is 2. The zero-order valence-corrected chi connectivity index (χ0v) is 12.2. The predicted octanol–water partition coefficient (Wildman–Crippen LogP) is -0.260. The molecule has 2 rings (SSSR count). The lowest BCUT2D eigenvalue weighted by atomic mass is 9.95. The molecule has 0 aliphatic carbocycles. The molecule has 2 N–H and O–H groups in total. The molecule has 6 heteroatoms. The van der Waals surface area contributed by atoms with Gasteiger partial charge in [0.15, 0.2) is 0 Å². The van der Waals surface area contributed by atoms with Gasteiger partial charge in [-0.3, -0.25) is 9.59 Å². The maximum atomic E-state index is 12.2. The summed E-state index contributed by atoms with van der Waals surface area (Å²) in [6.07, 6.45) is 2.03. The molecule has 2 amide bonds. The van der Waals surface area contributed by atoms with Crippen LogP contribution in [0.5, 0.6) is 0 Å². The normalized spacial score (nSPS) is 24.4. The Morgan fingerprint density at radius 1 is 1.35 bits per heavy atom. The number of nitrogens with one attached hydrogen (secondary N) is 2. The van der Waals surface area contributed by atoms with Gasteiger partial charge in [-0.05, 0) is 19.8 Å². The van der Waals surface area contributed by atoms with Crippen molar-refractivity contribution in [2.45, 2.75) is 32.2 Å². The van der Waals surface area contributed by atoms with Gasteiger partial charge in [-0.1, -0.05) is 0 Å².